The normalized spacial score (nSPS) is 10.1. The summed E-state index contributed by atoms with van der Waals surface area (Å²) in [7, 11) is 3.04. The van der Waals surface area contributed by atoms with Crippen LogP contribution >= 0.6 is 0 Å². The predicted molar refractivity (Wildman–Crippen MR) is 92.9 cm³/mol. The number of rotatable bonds is 7. The van der Waals surface area contributed by atoms with Crippen LogP contribution in [0.2, 0.25) is 0 Å². The van der Waals surface area contributed by atoms with E-state index >= 15 is 0 Å². The number of amides is 1. The molecular formula is C19H21NO4. The monoisotopic (exact) mass is 327 g/mol. The molecule has 0 bridgehead atoms. The number of methoxy groups -OCH3 is 2. The van der Waals surface area contributed by atoms with Gasteiger partial charge in [0.15, 0.2) is 5.78 Å². The van der Waals surface area contributed by atoms with Crippen LogP contribution in [0.1, 0.15) is 28.8 Å². The number of aryl methyl sites for hydroxylation is 1. The Morgan fingerprint density at radius 2 is 1.75 bits per heavy atom. The zero-order valence-electron chi connectivity index (χ0n) is 14.1. The maximum absolute atomic E-state index is 12.4. The first kappa shape index (κ1) is 17.5. The van der Waals surface area contributed by atoms with Gasteiger partial charge >= 0.3 is 0 Å². The predicted octanol–water partition coefficient (Wildman–Crippen LogP) is 3.61. The van der Waals surface area contributed by atoms with Crippen LogP contribution in [0.3, 0.4) is 0 Å². The summed E-state index contributed by atoms with van der Waals surface area (Å²) in [6.45, 7) is 1.92. The van der Waals surface area contributed by atoms with E-state index in [1.807, 2.05) is 31.2 Å². The van der Waals surface area contributed by atoms with E-state index in [1.54, 1.807) is 18.2 Å². The van der Waals surface area contributed by atoms with Crippen LogP contribution < -0.4 is 14.8 Å². The molecule has 0 aromatic heterocycles. The Labute approximate surface area is 141 Å². The number of nitrogens with one attached hydrogen (secondary N) is 1. The molecule has 0 aliphatic carbocycles. The van der Waals surface area contributed by atoms with E-state index in [-0.39, 0.29) is 24.5 Å². The van der Waals surface area contributed by atoms with E-state index in [0.29, 0.717) is 17.1 Å². The molecule has 1 N–H and O–H groups in total. The topological polar surface area (TPSA) is 64.6 Å². The molecule has 126 valence electrons. The molecule has 0 unspecified atom stereocenters. The molecule has 0 aliphatic rings. The quantitative estimate of drug-likeness (QED) is 0.789. The molecule has 1 amide bonds. The lowest BCUT2D eigenvalue weighted by molar-refractivity contribution is -0.116. The summed E-state index contributed by atoms with van der Waals surface area (Å²) in [5.41, 5.74) is 2.15. The maximum Gasteiger partial charge on any atom is 0.224 e. The van der Waals surface area contributed by atoms with Crippen LogP contribution in [0.25, 0.3) is 0 Å². The van der Waals surface area contributed by atoms with Gasteiger partial charge in [0.2, 0.25) is 5.91 Å². The average Bonchev–Trinajstić information content (AvgIpc) is 2.61. The van der Waals surface area contributed by atoms with Gasteiger partial charge in [-0.25, -0.2) is 0 Å². The maximum atomic E-state index is 12.4. The van der Waals surface area contributed by atoms with E-state index < -0.39 is 0 Å². The number of ether oxygens (including phenoxy) is 2. The Balaban J connectivity index is 2.00. The van der Waals surface area contributed by atoms with Gasteiger partial charge in [-0.3, -0.25) is 9.59 Å². The van der Waals surface area contributed by atoms with Crippen molar-refractivity contribution < 1.29 is 19.1 Å². The van der Waals surface area contributed by atoms with Gasteiger partial charge in [0.05, 0.1) is 19.8 Å². The van der Waals surface area contributed by atoms with Crippen molar-refractivity contribution in [2.24, 2.45) is 0 Å². The molecule has 0 atom stereocenters. The van der Waals surface area contributed by atoms with E-state index in [1.165, 1.54) is 14.2 Å². The molecule has 2 aromatic carbocycles. The number of carbonyl (C=O) groups excluding carboxylic acids is 2. The Hall–Kier alpha value is -2.82. The van der Waals surface area contributed by atoms with Crippen LogP contribution in [0.5, 0.6) is 11.5 Å². The van der Waals surface area contributed by atoms with Gasteiger partial charge in [-0.05, 0) is 36.8 Å². The molecule has 0 spiro atoms. The van der Waals surface area contributed by atoms with Crippen molar-refractivity contribution in [1.29, 1.82) is 0 Å². The van der Waals surface area contributed by atoms with Crippen molar-refractivity contribution in [1.82, 2.24) is 0 Å². The first-order chi connectivity index (χ1) is 11.5. The van der Waals surface area contributed by atoms with Gasteiger partial charge < -0.3 is 14.8 Å². The standard InChI is InChI=1S/C19H21NO4/c1-13-6-4-5-7-16(13)20-19(22)11-9-17(21)15-12-14(23-2)8-10-18(15)24-3/h4-8,10,12H,9,11H2,1-3H3,(H,20,22). The van der Waals surface area contributed by atoms with Crippen molar-refractivity contribution in [2.75, 3.05) is 19.5 Å². The van der Waals surface area contributed by atoms with E-state index in [4.69, 9.17) is 9.47 Å². The SMILES string of the molecule is COc1ccc(OC)c(C(=O)CCC(=O)Nc2ccccc2C)c1. The average molecular weight is 327 g/mol. The van der Waals surface area contributed by atoms with Crippen molar-refractivity contribution in [3.8, 4) is 11.5 Å². The summed E-state index contributed by atoms with van der Waals surface area (Å²) in [5.74, 6) is 0.689. The largest absolute Gasteiger partial charge is 0.497 e. The molecule has 5 heteroatoms. The highest BCUT2D eigenvalue weighted by Crippen LogP contribution is 2.25. The Kier molecular flexibility index (Phi) is 5.95. The van der Waals surface area contributed by atoms with Gasteiger partial charge in [-0.15, -0.1) is 0 Å². The lowest BCUT2D eigenvalue weighted by atomic mass is 10.0. The Morgan fingerprint density at radius 3 is 2.42 bits per heavy atom. The van der Waals surface area contributed by atoms with Crippen LogP contribution in [-0.4, -0.2) is 25.9 Å². The summed E-state index contributed by atoms with van der Waals surface area (Å²) < 4.78 is 10.3. The number of anilines is 1. The third-order valence-electron chi connectivity index (χ3n) is 3.71. The molecule has 2 rings (SSSR count). The molecule has 0 saturated heterocycles. The fourth-order valence-corrected chi connectivity index (χ4v) is 2.32. The van der Waals surface area contributed by atoms with Crippen LogP contribution in [0, 0.1) is 6.92 Å². The number of carbonyl (C=O) groups is 2. The second kappa shape index (κ2) is 8.15. The number of Topliss-reactive ketones (excluding diaryl/α,β-unsaturated/α-hetero) is 1. The highest BCUT2D eigenvalue weighted by molar-refractivity contribution is 6.02. The minimum absolute atomic E-state index is 0.0985. The van der Waals surface area contributed by atoms with Gasteiger partial charge in [-0.1, -0.05) is 18.2 Å². The lowest BCUT2D eigenvalue weighted by Gasteiger charge is -2.10. The summed E-state index contributed by atoms with van der Waals surface area (Å²) >= 11 is 0. The minimum atomic E-state index is -0.195. The van der Waals surface area contributed by atoms with E-state index in [9.17, 15) is 9.59 Å². The highest BCUT2D eigenvalue weighted by atomic mass is 16.5. The molecule has 24 heavy (non-hydrogen) atoms. The fraction of sp³-hybridized carbons (Fsp3) is 0.263. The minimum Gasteiger partial charge on any atom is -0.497 e. The van der Waals surface area contributed by atoms with E-state index in [0.717, 1.165) is 11.3 Å². The highest BCUT2D eigenvalue weighted by Gasteiger charge is 2.15. The second-order valence-corrected chi connectivity index (χ2v) is 5.35. The second-order valence-electron chi connectivity index (χ2n) is 5.35. The van der Waals surface area contributed by atoms with Gasteiger partial charge in [0.1, 0.15) is 11.5 Å². The Bertz CT molecular complexity index is 740. The zero-order valence-corrected chi connectivity index (χ0v) is 14.1. The summed E-state index contributed by atoms with van der Waals surface area (Å²) in [6, 6.07) is 12.5. The summed E-state index contributed by atoms with van der Waals surface area (Å²) in [5, 5.41) is 2.82. The molecule has 0 heterocycles. The molecule has 5 nitrogen and oxygen atoms in total. The fourth-order valence-electron chi connectivity index (χ4n) is 2.32. The van der Waals surface area contributed by atoms with Crippen LogP contribution in [-0.2, 0) is 4.79 Å². The van der Waals surface area contributed by atoms with Crippen LogP contribution in [0.4, 0.5) is 5.69 Å². The molecule has 0 radical (unpaired) electrons. The number of para-hydroxylation sites is 1. The molecule has 0 fully saturated rings. The number of hydrogen-bond donors (Lipinski definition) is 1. The van der Waals surface area contributed by atoms with Crippen molar-refractivity contribution in [3.05, 3.63) is 53.6 Å². The molecular weight excluding hydrogens is 306 g/mol. The third kappa shape index (κ3) is 4.35. The first-order valence-electron chi connectivity index (χ1n) is 7.66. The van der Waals surface area contributed by atoms with Gasteiger partial charge in [0, 0.05) is 18.5 Å². The molecule has 2 aromatic rings. The van der Waals surface area contributed by atoms with Gasteiger partial charge in [0.25, 0.3) is 0 Å². The smallest absolute Gasteiger partial charge is 0.224 e. The van der Waals surface area contributed by atoms with Crippen molar-refractivity contribution >= 4 is 17.4 Å². The lowest BCUT2D eigenvalue weighted by Crippen LogP contribution is -2.14. The van der Waals surface area contributed by atoms with Crippen molar-refractivity contribution in [3.63, 3.8) is 0 Å². The summed E-state index contributed by atoms with van der Waals surface area (Å²) in [4.78, 5) is 24.5. The third-order valence-corrected chi connectivity index (χ3v) is 3.71. The molecule has 0 saturated carbocycles. The van der Waals surface area contributed by atoms with E-state index in [2.05, 4.69) is 5.32 Å². The first-order valence-corrected chi connectivity index (χ1v) is 7.66. The van der Waals surface area contributed by atoms with Gasteiger partial charge in [-0.2, -0.15) is 0 Å². The van der Waals surface area contributed by atoms with Crippen molar-refractivity contribution in [2.45, 2.75) is 19.8 Å². The zero-order chi connectivity index (χ0) is 17.5. The van der Waals surface area contributed by atoms with Crippen LogP contribution in [0.15, 0.2) is 42.5 Å². The Morgan fingerprint density at radius 1 is 1.00 bits per heavy atom. The summed E-state index contributed by atoms with van der Waals surface area (Å²) in [6.07, 6.45) is 0.203. The number of benzene rings is 2. The molecule has 0 aliphatic heterocycles. The number of ketones is 1. The number of hydrogen-bond acceptors (Lipinski definition) is 4.